The molecule has 0 radical (unpaired) electrons. The molecule has 0 unspecified atom stereocenters. The molecule has 130 valence electrons. The molecule has 4 N–H and O–H groups in total. The van der Waals surface area contributed by atoms with Gasteiger partial charge in [0.2, 0.25) is 5.91 Å². The molecular weight excluding hydrogens is 364 g/mol. The van der Waals surface area contributed by atoms with Crippen LogP contribution in [0.1, 0.15) is 4.88 Å². The lowest BCUT2D eigenvalue weighted by Crippen LogP contribution is -2.13. The summed E-state index contributed by atoms with van der Waals surface area (Å²) >= 11 is 2.79. The number of nitrogens with zero attached hydrogens (tertiary/aromatic N) is 1. The summed E-state index contributed by atoms with van der Waals surface area (Å²) in [5.41, 5.74) is 3.49. The first-order valence-electron chi connectivity index (χ1n) is 8.00. The molecule has 4 aromatic rings. The number of fused-ring (bicyclic) bond motifs is 1. The molecular formula is C19H16N4OS2. The molecule has 0 saturated heterocycles. The fourth-order valence-electron chi connectivity index (χ4n) is 2.81. The predicted octanol–water partition coefficient (Wildman–Crippen LogP) is 4.44. The van der Waals surface area contributed by atoms with E-state index in [9.17, 15) is 4.79 Å². The highest BCUT2D eigenvalue weighted by Crippen LogP contribution is 2.30. The summed E-state index contributed by atoms with van der Waals surface area (Å²) in [6.45, 7) is 0. The number of anilines is 1. The van der Waals surface area contributed by atoms with Crippen LogP contribution in [0.5, 0.6) is 0 Å². The number of H-pyrrole nitrogens is 1. The average molecular weight is 380 g/mol. The van der Waals surface area contributed by atoms with E-state index in [0.29, 0.717) is 6.42 Å². The summed E-state index contributed by atoms with van der Waals surface area (Å²) in [5.74, 6) is -0.0293. The Morgan fingerprint density at radius 2 is 2.12 bits per heavy atom. The highest BCUT2D eigenvalue weighted by Gasteiger charge is 2.11. The molecule has 0 aliphatic heterocycles. The van der Waals surface area contributed by atoms with Crippen LogP contribution in [0.15, 0.2) is 64.9 Å². The van der Waals surface area contributed by atoms with Crippen molar-refractivity contribution in [2.45, 2.75) is 11.3 Å². The first kappa shape index (κ1) is 16.8. The van der Waals surface area contributed by atoms with Gasteiger partial charge in [0.05, 0.1) is 11.9 Å². The van der Waals surface area contributed by atoms with Crippen molar-refractivity contribution in [3.05, 3.63) is 64.9 Å². The summed E-state index contributed by atoms with van der Waals surface area (Å²) in [5, 5.41) is 19.0. The number of carbonyl (C=O) groups excluding carboxylic acids is 1. The zero-order valence-electron chi connectivity index (χ0n) is 13.7. The number of rotatable bonds is 5. The summed E-state index contributed by atoms with van der Waals surface area (Å²) in [6.07, 6.45) is 0.379. The number of aromatic amines is 1. The first-order chi connectivity index (χ1) is 12.7. The molecule has 0 bridgehead atoms. The molecule has 4 rings (SSSR count). The van der Waals surface area contributed by atoms with Crippen molar-refractivity contribution in [2.75, 3.05) is 5.32 Å². The Bertz CT molecular complexity index is 1060. The third kappa shape index (κ3) is 3.50. The van der Waals surface area contributed by atoms with Crippen LogP contribution in [0, 0.1) is 0 Å². The van der Waals surface area contributed by atoms with Crippen molar-refractivity contribution in [3.63, 3.8) is 0 Å². The van der Waals surface area contributed by atoms with Crippen LogP contribution in [-0.2, 0) is 11.2 Å². The minimum atomic E-state index is -0.0293. The molecule has 26 heavy (non-hydrogen) atoms. The second kappa shape index (κ2) is 7.33. The van der Waals surface area contributed by atoms with Gasteiger partial charge in [0.1, 0.15) is 5.69 Å². The van der Waals surface area contributed by atoms with Gasteiger partial charge in [-0.15, -0.1) is 11.3 Å². The number of hydrogen-bond donors (Lipinski definition) is 3. The fraction of sp³-hybridized carbons (Fsp3) is 0.0526. The van der Waals surface area contributed by atoms with Crippen LogP contribution < -0.4 is 10.5 Å². The number of benzene rings is 2. The second-order valence-electron chi connectivity index (χ2n) is 5.78. The van der Waals surface area contributed by atoms with Crippen molar-refractivity contribution < 1.29 is 4.79 Å². The van der Waals surface area contributed by atoms with Gasteiger partial charge in [-0.05, 0) is 53.7 Å². The molecule has 1 amide bonds. The number of thiophene rings is 1. The number of nitrogens with two attached hydrogens (primary N) is 1. The van der Waals surface area contributed by atoms with Crippen LogP contribution >= 0.6 is 23.3 Å². The van der Waals surface area contributed by atoms with E-state index in [1.54, 1.807) is 11.3 Å². The van der Waals surface area contributed by atoms with E-state index in [0.717, 1.165) is 37.6 Å². The number of amides is 1. The molecule has 0 atom stereocenters. The van der Waals surface area contributed by atoms with E-state index < -0.39 is 0 Å². The van der Waals surface area contributed by atoms with Crippen molar-refractivity contribution in [1.82, 2.24) is 10.2 Å². The standard InChI is InChI=1S/C19H16N4OS2/c20-26-15-4-1-3-12(9-15)19-16-10-13(6-7-17(16)22-23-19)21-18(24)11-14-5-2-8-25-14/h1-10H,11,20H2,(H,21,24)(H,22,23). The predicted molar refractivity (Wildman–Crippen MR) is 108 cm³/mol. The minimum Gasteiger partial charge on any atom is -0.326 e. The van der Waals surface area contributed by atoms with Crippen molar-refractivity contribution in [3.8, 4) is 11.3 Å². The first-order valence-corrected chi connectivity index (χ1v) is 9.76. The van der Waals surface area contributed by atoms with E-state index in [1.165, 1.54) is 11.9 Å². The zero-order chi connectivity index (χ0) is 17.9. The van der Waals surface area contributed by atoms with Crippen LogP contribution in [0.25, 0.3) is 22.2 Å². The Labute approximate surface area is 158 Å². The van der Waals surface area contributed by atoms with E-state index in [-0.39, 0.29) is 5.91 Å². The summed E-state index contributed by atoms with van der Waals surface area (Å²) in [4.78, 5) is 14.3. The summed E-state index contributed by atoms with van der Waals surface area (Å²) in [6, 6.07) is 17.6. The molecule has 0 aliphatic rings. The van der Waals surface area contributed by atoms with Crippen molar-refractivity contribution in [2.24, 2.45) is 5.14 Å². The normalized spacial score (nSPS) is 11.0. The van der Waals surface area contributed by atoms with Crippen molar-refractivity contribution >= 4 is 45.8 Å². The number of aromatic nitrogens is 2. The lowest BCUT2D eigenvalue weighted by atomic mass is 10.1. The van der Waals surface area contributed by atoms with Crippen LogP contribution in [0.4, 0.5) is 5.69 Å². The van der Waals surface area contributed by atoms with E-state index in [1.807, 2.05) is 60.0 Å². The molecule has 2 heterocycles. The second-order valence-corrected chi connectivity index (χ2v) is 7.52. The fourth-order valence-corrected chi connectivity index (χ4v) is 3.86. The monoisotopic (exact) mass is 380 g/mol. The van der Waals surface area contributed by atoms with Gasteiger partial charge < -0.3 is 5.32 Å². The number of carbonyl (C=O) groups is 1. The number of nitrogens with one attached hydrogen (secondary N) is 2. The Hall–Kier alpha value is -2.61. The van der Waals surface area contributed by atoms with Crippen LogP contribution in [0.3, 0.4) is 0 Å². The maximum absolute atomic E-state index is 12.2. The van der Waals surface area contributed by atoms with Gasteiger partial charge in [-0.3, -0.25) is 15.0 Å². The molecule has 7 heteroatoms. The van der Waals surface area contributed by atoms with Gasteiger partial charge in [0.25, 0.3) is 0 Å². The van der Waals surface area contributed by atoms with Gasteiger partial charge in [0.15, 0.2) is 0 Å². The number of hydrogen-bond acceptors (Lipinski definition) is 5. The molecule has 2 aromatic heterocycles. The van der Waals surface area contributed by atoms with E-state index in [4.69, 9.17) is 5.14 Å². The highest BCUT2D eigenvalue weighted by atomic mass is 32.2. The Morgan fingerprint density at radius 1 is 1.19 bits per heavy atom. The maximum atomic E-state index is 12.2. The van der Waals surface area contributed by atoms with Crippen LogP contribution in [0.2, 0.25) is 0 Å². The molecule has 0 fully saturated rings. The lowest BCUT2D eigenvalue weighted by molar-refractivity contribution is -0.115. The highest BCUT2D eigenvalue weighted by molar-refractivity contribution is 7.97. The maximum Gasteiger partial charge on any atom is 0.229 e. The van der Waals surface area contributed by atoms with Gasteiger partial charge >= 0.3 is 0 Å². The van der Waals surface area contributed by atoms with Gasteiger partial charge in [-0.25, -0.2) is 0 Å². The van der Waals surface area contributed by atoms with Gasteiger partial charge in [-0.1, -0.05) is 18.2 Å². The average Bonchev–Trinajstić information content (AvgIpc) is 3.31. The van der Waals surface area contributed by atoms with Gasteiger partial charge in [-0.2, -0.15) is 5.10 Å². The molecule has 2 aromatic carbocycles. The largest absolute Gasteiger partial charge is 0.326 e. The molecule has 0 aliphatic carbocycles. The zero-order valence-corrected chi connectivity index (χ0v) is 15.4. The summed E-state index contributed by atoms with van der Waals surface area (Å²) < 4.78 is 0. The Balaban J connectivity index is 1.63. The molecule has 5 nitrogen and oxygen atoms in total. The Morgan fingerprint density at radius 3 is 2.92 bits per heavy atom. The molecule has 0 saturated carbocycles. The third-order valence-corrected chi connectivity index (χ3v) is 5.41. The van der Waals surface area contributed by atoms with Crippen molar-refractivity contribution in [1.29, 1.82) is 0 Å². The van der Waals surface area contributed by atoms with E-state index >= 15 is 0 Å². The minimum absolute atomic E-state index is 0.0293. The molecule has 0 spiro atoms. The SMILES string of the molecule is NSc1cccc(-c2n[nH]c3ccc(NC(=O)Cc4cccs4)cc23)c1. The topological polar surface area (TPSA) is 83.8 Å². The quantitative estimate of drug-likeness (QED) is 0.447. The Kier molecular flexibility index (Phi) is 4.75. The smallest absolute Gasteiger partial charge is 0.229 e. The van der Waals surface area contributed by atoms with E-state index in [2.05, 4.69) is 15.5 Å². The lowest BCUT2D eigenvalue weighted by Gasteiger charge is -2.05. The third-order valence-electron chi connectivity index (χ3n) is 4.01. The van der Waals surface area contributed by atoms with Crippen LogP contribution in [-0.4, -0.2) is 16.1 Å². The van der Waals surface area contributed by atoms with Gasteiger partial charge in [0, 0.05) is 26.4 Å². The summed E-state index contributed by atoms with van der Waals surface area (Å²) in [7, 11) is 0.